The molecule has 2 aromatic carbocycles. The molecule has 0 atom stereocenters. The van der Waals surface area contributed by atoms with Crippen molar-refractivity contribution in [3.8, 4) is 10.7 Å². The summed E-state index contributed by atoms with van der Waals surface area (Å²) in [6.45, 7) is 1.50. The molecule has 0 aliphatic carbocycles. The van der Waals surface area contributed by atoms with Crippen LogP contribution in [-0.2, 0) is 13.0 Å². The second-order valence-corrected chi connectivity index (χ2v) is 7.58. The first-order chi connectivity index (χ1) is 14.2. The van der Waals surface area contributed by atoms with Crippen molar-refractivity contribution in [1.29, 1.82) is 0 Å². The summed E-state index contributed by atoms with van der Waals surface area (Å²) in [7, 11) is 0. The minimum absolute atomic E-state index is 0.412. The van der Waals surface area contributed by atoms with Gasteiger partial charge in [0, 0.05) is 24.9 Å². The Labute approximate surface area is 171 Å². The fraction of sp³-hybridized carbons (Fsp3) is 0.143. The van der Waals surface area contributed by atoms with E-state index in [2.05, 4.69) is 27.1 Å². The standard InChI is InChI=1S/C21H18N6OS/c22-19(28)14-8-4-7-13-16(14)27-29-18(13)21-25-15-9-10-23-17(15)20(26-21)24-11-12-5-2-1-3-6-12/h1-8,23H,9-11H2,(H2,22,28)(H,24,25,26). The zero-order chi connectivity index (χ0) is 19.8. The summed E-state index contributed by atoms with van der Waals surface area (Å²) in [5, 5.41) is 7.65. The molecule has 5 rings (SSSR count). The number of aromatic nitrogens is 3. The maximum Gasteiger partial charge on any atom is 0.250 e. The summed E-state index contributed by atoms with van der Waals surface area (Å²) in [5.74, 6) is 0.896. The maximum atomic E-state index is 11.7. The summed E-state index contributed by atoms with van der Waals surface area (Å²) in [4.78, 5) is 22.1. The SMILES string of the molecule is NC(=O)c1cccc2c(-c3nc4c(c(NCc5ccccc5)n3)NCC4)snc12. The lowest BCUT2D eigenvalue weighted by atomic mass is 10.1. The average Bonchev–Trinajstić information content (AvgIpc) is 3.39. The van der Waals surface area contributed by atoms with Gasteiger partial charge >= 0.3 is 0 Å². The number of nitrogens with two attached hydrogens (primary N) is 1. The highest BCUT2D eigenvalue weighted by atomic mass is 32.1. The summed E-state index contributed by atoms with van der Waals surface area (Å²) in [6, 6.07) is 15.6. The molecular formula is C21H18N6OS. The summed E-state index contributed by atoms with van der Waals surface area (Å²) < 4.78 is 4.46. The smallest absolute Gasteiger partial charge is 0.250 e. The number of anilines is 2. The van der Waals surface area contributed by atoms with E-state index in [0.29, 0.717) is 23.4 Å². The van der Waals surface area contributed by atoms with Crippen LogP contribution < -0.4 is 16.4 Å². The van der Waals surface area contributed by atoms with Crippen LogP contribution in [0.1, 0.15) is 21.6 Å². The Balaban J connectivity index is 1.57. The number of nitrogens with one attached hydrogen (secondary N) is 2. The number of benzene rings is 2. The van der Waals surface area contributed by atoms with E-state index in [1.165, 1.54) is 17.1 Å². The van der Waals surface area contributed by atoms with E-state index < -0.39 is 5.91 Å². The van der Waals surface area contributed by atoms with E-state index in [0.717, 1.165) is 40.4 Å². The van der Waals surface area contributed by atoms with Gasteiger partial charge in [-0.05, 0) is 23.2 Å². The van der Waals surface area contributed by atoms with Crippen molar-refractivity contribution in [2.75, 3.05) is 17.2 Å². The van der Waals surface area contributed by atoms with Gasteiger partial charge in [-0.3, -0.25) is 4.79 Å². The molecular weight excluding hydrogens is 384 g/mol. The molecule has 1 aliphatic heterocycles. The Morgan fingerprint density at radius 1 is 1.14 bits per heavy atom. The molecule has 7 nitrogen and oxygen atoms in total. The number of carbonyl (C=O) groups is 1. The minimum Gasteiger partial charge on any atom is -0.380 e. The predicted molar refractivity (Wildman–Crippen MR) is 115 cm³/mol. The van der Waals surface area contributed by atoms with E-state index in [9.17, 15) is 4.79 Å². The Morgan fingerprint density at radius 3 is 2.83 bits per heavy atom. The van der Waals surface area contributed by atoms with Crippen LogP contribution in [0.25, 0.3) is 21.6 Å². The third-order valence-electron chi connectivity index (χ3n) is 4.93. The number of hydrogen-bond donors (Lipinski definition) is 3. The van der Waals surface area contributed by atoms with Crippen molar-refractivity contribution in [2.45, 2.75) is 13.0 Å². The number of hydrogen-bond acceptors (Lipinski definition) is 7. The second kappa shape index (κ2) is 7.14. The third kappa shape index (κ3) is 3.17. The van der Waals surface area contributed by atoms with E-state index in [4.69, 9.17) is 15.7 Å². The Hall–Kier alpha value is -3.52. The van der Waals surface area contributed by atoms with Crippen LogP contribution in [-0.4, -0.2) is 26.8 Å². The largest absolute Gasteiger partial charge is 0.380 e. The van der Waals surface area contributed by atoms with Crippen LogP contribution in [0.15, 0.2) is 48.5 Å². The summed E-state index contributed by atoms with van der Waals surface area (Å²) >= 11 is 1.29. The van der Waals surface area contributed by atoms with Crippen LogP contribution in [0.3, 0.4) is 0 Å². The maximum absolute atomic E-state index is 11.7. The fourth-order valence-corrected chi connectivity index (χ4v) is 4.33. The van der Waals surface area contributed by atoms with Crippen molar-refractivity contribution in [1.82, 2.24) is 14.3 Å². The van der Waals surface area contributed by atoms with Crippen molar-refractivity contribution in [3.63, 3.8) is 0 Å². The molecule has 0 saturated heterocycles. The first-order valence-electron chi connectivity index (χ1n) is 9.32. The number of carbonyl (C=O) groups excluding carboxylic acids is 1. The first-order valence-corrected chi connectivity index (χ1v) is 10.1. The highest BCUT2D eigenvalue weighted by Crippen LogP contribution is 2.36. The van der Waals surface area contributed by atoms with Gasteiger partial charge in [-0.1, -0.05) is 42.5 Å². The lowest BCUT2D eigenvalue weighted by Gasteiger charge is -2.12. The molecule has 2 aromatic heterocycles. The zero-order valence-electron chi connectivity index (χ0n) is 15.5. The number of primary amides is 1. The van der Waals surface area contributed by atoms with Crippen LogP contribution in [0, 0.1) is 0 Å². The topological polar surface area (TPSA) is 106 Å². The first kappa shape index (κ1) is 17.6. The number of fused-ring (bicyclic) bond motifs is 2. The van der Waals surface area contributed by atoms with Gasteiger partial charge < -0.3 is 16.4 Å². The highest BCUT2D eigenvalue weighted by Gasteiger charge is 2.22. The van der Waals surface area contributed by atoms with Gasteiger partial charge in [-0.25, -0.2) is 9.97 Å². The predicted octanol–water partition coefficient (Wildman–Crippen LogP) is 3.43. The molecule has 3 heterocycles. The van der Waals surface area contributed by atoms with Crippen LogP contribution in [0.4, 0.5) is 11.5 Å². The summed E-state index contributed by atoms with van der Waals surface area (Å²) in [6.07, 6.45) is 0.841. The molecule has 0 unspecified atom stereocenters. The van der Waals surface area contributed by atoms with Gasteiger partial charge in [-0.15, -0.1) is 0 Å². The second-order valence-electron chi connectivity index (χ2n) is 6.81. The Bertz CT molecular complexity index is 1220. The molecule has 0 fully saturated rings. The van der Waals surface area contributed by atoms with Gasteiger partial charge in [0.1, 0.15) is 4.88 Å². The van der Waals surface area contributed by atoms with Gasteiger partial charge in [0.25, 0.3) is 5.91 Å². The lowest BCUT2D eigenvalue weighted by molar-refractivity contribution is 0.100. The highest BCUT2D eigenvalue weighted by molar-refractivity contribution is 7.11. The third-order valence-corrected chi connectivity index (χ3v) is 5.79. The minimum atomic E-state index is -0.489. The molecule has 29 heavy (non-hydrogen) atoms. The molecule has 8 heteroatoms. The van der Waals surface area contributed by atoms with Crippen molar-refractivity contribution in [3.05, 3.63) is 65.4 Å². The van der Waals surface area contributed by atoms with Crippen molar-refractivity contribution in [2.24, 2.45) is 5.73 Å². The molecule has 1 aliphatic rings. The molecule has 1 amide bonds. The molecule has 0 bridgehead atoms. The quantitative estimate of drug-likeness (QED) is 0.472. The Morgan fingerprint density at radius 2 is 2.00 bits per heavy atom. The molecule has 0 spiro atoms. The van der Waals surface area contributed by atoms with E-state index in [1.807, 2.05) is 30.3 Å². The van der Waals surface area contributed by atoms with Gasteiger partial charge in [0.2, 0.25) is 0 Å². The molecule has 4 aromatic rings. The van der Waals surface area contributed by atoms with E-state index >= 15 is 0 Å². The summed E-state index contributed by atoms with van der Waals surface area (Å²) in [5.41, 5.74) is 9.62. The van der Waals surface area contributed by atoms with Gasteiger partial charge in [-0.2, -0.15) is 4.37 Å². The monoisotopic (exact) mass is 402 g/mol. The molecule has 144 valence electrons. The molecule has 0 radical (unpaired) electrons. The molecule has 4 N–H and O–H groups in total. The molecule has 0 saturated carbocycles. The Kier molecular flexibility index (Phi) is 4.33. The number of rotatable bonds is 5. The average molecular weight is 402 g/mol. The fourth-order valence-electron chi connectivity index (χ4n) is 3.52. The van der Waals surface area contributed by atoms with Crippen LogP contribution in [0.2, 0.25) is 0 Å². The normalized spacial score (nSPS) is 12.6. The van der Waals surface area contributed by atoms with Crippen LogP contribution in [0.5, 0.6) is 0 Å². The number of amides is 1. The van der Waals surface area contributed by atoms with Crippen LogP contribution >= 0.6 is 11.5 Å². The van der Waals surface area contributed by atoms with E-state index in [-0.39, 0.29) is 0 Å². The van der Waals surface area contributed by atoms with Gasteiger partial charge in [0.15, 0.2) is 11.6 Å². The van der Waals surface area contributed by atoms with Gasteiger partial charge in [0.05, 0.1) is 22.5 Å². The van der Waals surface area contributed by atoms with Crippen molar-refractivity contribution < 1.29 is 4.79 Å². The number of nitrogens with zero attached hydrogens (tertiary/aromatic N) is 3. The zero-order valence-corrected chi connectivity index (χ0v) is 16.3. The van der Waals surface area contributed by atoms with E-state index in [1.54, 1.807) is 6.07 Å². The van der Waals surface area contributed by atoms with Crippen molar-refractivity contribution >= 4 is 39.8 Å². The lowest BCUT2D eigenvalue weighted by Crippen LogP contribution is -2.11.